The minimum absolute atomic E-state index is 0.126. The number of hydrogen-bond donors (Lipinski definition) is 2. The van der Waals surface area contributed by atoms with Crippen LogP contribution >= 0.6 is 0 Å². The van der Waals surface area contributed by atoms with Gasteiger partial charge in [-0.1, -0.05) is 36.4 Å². The molecule has 5 nitrogen and oxygen atoms in total. The van der Waals surface area contributed by atoms with E-state index < -0.39 is 0 Å². The molecule has 33 heavy (non-hydrogen) atoms. The Hall–Kier alpha value is -3.73. The number of para-hydroxylation sites is 2. The summed E-state index contributed by atoms with van der Waals surface area (Å²) in [7, 11) is 1.66. The highest BCUT2D eigenvalue weighted by atomic mass is 16.5. The maximum atomic E-state index is 13.6. The number of rotatable bonds is 5. The summed E-state index contributed by atoms with van der Waals surface area (Å²) in [5.41, 5.74) is 5.98. The Bertz CT molecular complexity index is 1180. The van der Waals surface area contributed by atoms with E-state index in [-0.39, 0.29) is 17.7 Å². The van der Waals surface area contributed by atoms with Crippen molar-refractivity contribution in [2.75, 3.05) is 24.4 Å². The van der Waals surface area contributed by atoms with E-state index in [4.69, 9.17) is 9.47 Å². The number of carbonyl (C=O) groups is 1. The Morgan fingerprint density at radius 3 is 2.21 bits per heavy atom. The van der Waals surface area contributed by atoms with Crippen LogP contribution in [0.25, 0.3) is 0 Å². The Kier molecular flexibility index (Phi) is 5.78. The highest BCUT2D eigenvalue weighted by Crippen LogP contribution is 2.44. The first kappa shape index (κ1) is 21.1. The highest BCUT2D eigenvalue weighted by molar-refractivity contribution is 6.01. The monoisotopic (exact) mass is 440 g/mol. The zero-order valence-electron chi connectivity index (χ0n) is 18.9. The van der Waals surface area contributed by atoms with Gasteiger partial charge in [-0.05, 0) is 66.8 Å². The van der Waals surface area contributed by atoms with Crippen molar-refractivity contribution in [3.63, 3.8) is 0 Å². The van der Waals surface area contributed by atoms with Crippen molar-refractivity contribution >= 4 is 17.2 Å². The summed E-state index contributed by atoms with van der Waals surface area (Å²) in [6.45, 7) is 2.60. The molecule has 5 heteroatoms. The van der Waals surface area contributed by atoms with E-state index in [2.05, 4.69) is 28.8 Å². The summed E-state index contributed by atoms with van der Waals surface area (Å²) in [6.07, 6.45) is 1.26. The Balaban J connectivity index is 1.54. The number of benzene rings is 3. The van der Waals surface area contributed by atoms with E-state index in [1.807, 2.05) is 61.5 Å². The molecule has 2 atom stereocenters. The van der Waals surface area contributed by atoms with Gasteiger partial charge in [-0.3, -0.25) is 4.79 Å². The third-order valence-electron chi connectivity index (χ3n) is 6.42. The van der Waals surface area contributed by atoms with Crippen LogP contribution in [0, 0.1) is 0 Å². The predicted molar refractivity (Wildman–Crippen MR) is 131 cm³/mol. The van der Waals surface area contributed by atoms with Crippen LogP contribution in [-0.2, 0) is 4.79 Å². The SMILES string of the molecule is CCOc1ccc([C@H]2Nc3ccccc3NC3=C2C(=O)C[C@@H](c2ccc(OC)cc2)C3)cc1. The van der Waals surface area contributed by atoms with E-state index in [0.29, 0.717) is 13.0 Å². The number of allylic oxidation sites excluding steroid dienone is 1. The summed E-state index contributed by atoms with van der Waals surface area (Å²) < 4.78 is 10.9. The van der Waals surface area contributed by atoms with Gasteiger partial charge in [0.15, 0.2) is 5.78 Å². The van der Waals surface area contributed by atoms with Gasteiger partial charge in [0.2, 0.25) is 0 Å². The summed E-state index contributed by atoms with van der Waals surface area (Å²) in [6, 6.07) is 24.0. The fraction of sp³-hybridized carbons (Fsp3) is 0.250. The van der Waals surface area contributed by atoms with Crippen molar-refractivity contribution in [3.8, 4) is 11.5 Å². The molecule has 0 saturated carbocycles. The lowest BCUT2D eigenvalue weighted by Crippen LogP contribution is -2.26. The molecule has 3 aromatic carbocycles. The topological polar surface area (TPSA) is 59.6 Å². The third kappa shape index (κ3) is 4.19. The number of methoxy groups -OCH3 is 1. The van der Waals surface area contributed by atoms with Crippen LogP contribution in [-0.4, -0.2) is 19.5 Å². The molecule has 0 amide bonds. The summed E-state index contributed by atoms with van der Waals surface area (Å²) in [4.78, 5) is 13.6. The van der Waals surface area contributed by atoms with Gasteiger partial charge < -0.3 is 20.1 Å². The number of fused-ring (bicyclic) bond motifs is 1. The Morgan fingerprint density at radius 2 is 1.52 bits per heavy atom. The molecule has 1 heterocycles. The average molecular weight is 441 g/mol. The molecule has 0 fully saturated rings. The fourth-order valence-corrected chi connectivity index (χ4v) is 4.78. The van der Waals surface area contributed by atoms with Crippen LogP contribution in [0.4, 0.5) is 11.4 Å². The van der Waals surface area contributed by atoms with Gasteiger partial charge in [-0.2, -0.15) is 0 Å². The smallest absolute Gasteiger partial charge is 0.163 e. The van der Waals surface area contributed by atoms with Crippen LogP contribution in [0.3, 0.4) is 0 Å². The Morgan fingerprint density at radius 1 is 0.848 bits per heavy atom. The number of anilines is 2. The van der Waals surface area contributed by atoms with Gasteiger partial charge in [-0.25, -0.2) is 0 Å². The lowest BCUT2D eigenvalue weighted by molar-refractivity contribution is -0.116. The maximum absolute atomic E-state index is 13.6. The standard InChI is InChI=1S/C28H28N2O3/c1-3-33-22-14-10-19(11-15-22)28-27-25(29-23-6-4-5-7-24(23)30-28)16-20(17-26(27)31)18-8-12-21(32-2)13-9-18/h4-15,20,28-30H,3,16-17H2,1-2H3/t20-,28+/m0/s1. The molecule has 0 spiro atoms. The van der Waals surface area contributed by atoms with Crippen LogP contribution < -0.4 is 20.1 Å². The molecular weight excluding hydrogens is 412 g/mol. The van der Waals surface area contributed by atoms with Crippen molar-refractivity contribution in [2.24, 2.45) is 0 Å². The molecule has 168 valence electrons. The van der Waals surface area contributed by atoms with Gasteiger partial charge in [0.1, 0.15) is 11.5 Å². The quantitative estimate of drug-likeness (QED) is 0.504. The van der Waals surface area contributed by atoms with E-state index in [1.165, 1.54) is 0 Å². The second-order valence-corrected chi connectivity index (χ2v) is 8.44. The number of ketones is 1. The van der Waals surface area contributed by atoms with Crippen molar-refractivity contribution in [1.82, 2.24) is 0 Å². The van der Waals surface area contributed by atoms with Gasteiger partial charge in [0.25, 0.3) is 0 Å². The molecule has 3 aromatic rings. The molecule has 2 aliphatic rings. The number of hydrogen-bond acceptors (Lipinski definition) is 5. The van der Waals surface area contributed by atoms with Gasteiger partial charge >= 0.3 is 0 Å². The molecule has 2 N–H and O–H groups in total. The second kappa shape index (κ2) is 9.02. The summed E-state index contributed by atoms with van der Waals surface area (Å²) in [5.74, 6) is 1.95. The van der Waals surface area contributed by atoms with Crippen LogP contribution in [0.1, 0.15) is 42.9 Å². The molecule has 5 rings (SSSR count). The molecule has 1 aliphatic carbocycles. The second-order valence-electron chi connectivity index (χ2n) is 8.44. The summed E-state index contributed by atoms with van der Waals surface area (Å²) >= 11 is 0. The van der Waals surface area contributed by atoms with E-state index >= 15 is 0 Å². The van der Waals surface area contributed by atoms with Gasteiger partial charge in [0.05, 0.1) is 31.1 Å². The van der Waals surface area contributed by atoms with E-state index in [9.17, 15) is 4.79 Å². The van der Waals surface area contributed by atoms with E-state index in [0.717, 1.165) is 51.7 Å². The number of nitrogens with one attached hydrogen (secondary N) is 2. The van der Waals surface area contributed by atoms with Crippen LogP contribution in [0.2, 0.25) is 0 Å². The molecule has 0 aromatic heterocycles. The molecule has 0 unspecified atom stereocenters. The normalized spacial score (nSPS) is 19.5. The number of Topliss-reactive ketones (excluding diaryl/α,β-unsaturated/α-hetero) is 1. The Labute approximate surface area is 194 Å². The molecular formula is C28H28N2O3. The van der Waals surface area contributed by atoms with Crippen molar-refractivity contribution in [2.45, 2.75) is 31.7 Å². The van der Waals surface area contributed by atoms with Gasteiger partial charge in [0, 0.05) is 17.7 Å². The van der Waals surface area contributed by atoms with E-state index in [1.54, 1.807) is 7.11 Å². The minimum atomic E-state index is -0.226. The first-order valence-electron chi connectivity index (χ1n) is 11.4. The number of carbonyl (C=O) groups excluding carboxylic acids is 1. The van der Waals surface area contributed by atoms with Gasteiger partial charge in [-0.15, -0.1) is 0 Å². The number of ether oxygens (including phenoxy) is 2. The zero-order chi connectivity index (χ0) is 22.8. The van der Waals surface area contributed by atoms with Crippen LogP contribution in [0.15, 0.2) is 84.1 Å². The minimum Gasteiger partial charge on any atom is -0.497 e. The summed E-state index contributed by atoms with van der Waals surface area (Å²) in [5, 5.41) is 7.22. The third-order valence-corrected chi connectivity index (χ3v) is 6.42. The lowest BCUT2D eigenvalue weighted by atomic mass is 9.78. The largest absolute Gasteiger partial charge is 0.497 e. The molecule has 1 aliphatic heterocycles. The van der Waals surface area contributed by atoms with Crippen molar-refractivity contribution in [1.29, 1.82) is 0 Å². The molecule has 0 radical (unpaired) electrons. The van der Waals surface area contributed by atoms with Crippen LogP contribution in [0.5, 0.6) is 11.5 Å². The van der Waals surface area contributed by atoms with Crippen molar-refractivity contribution in [3.05, 3.63) is 95.2 Å². The molecule has 0 bridgehead atoms. The average Bonchev–Trinajstić information content (AvgIpc) is 3.02. The maximum Gasteiger partial charge on any atom is 0.163 e. The predicted octanol–water partition coefficient (Wildman–Crippen LogP) is 6.07. The van der Waals surface area contributed by atoms with Crippen molar-refractivity contribution < 1.29 is 14.3 Å². The first-order chi connectivity index (χ1) is 16.2. The first-order valence-corrected chi connectivity index (χ1v) is 11.4. The highest BCUT2D eigenvalue weighted by Gasteiger charge is 2.36. The molecule has 0 saturated heterocycles. The lowest BCUT2D eigenvalue weighted by Gasteiger charge is -2.30. The fourth-order valence-electron chi connectivity index (χ4n) is 4.78. The zero-order valence-corrected chi connectivity index (χ0v) is 18.9.